The second-order valence-electron chi connectivity index (χ2n) is 3.59. The minimum atomic E-state index is 0.535. The SMILES string of the molecule is CC1CC1COC1CNC1. The topological polar surface area (TPSA) is 21.3 Å². The van der Waals surface area contributed by atoms with Crippen LogP contribution in [0.2, 0.25) is 0 Å². The van der Waals surface area contributed by atoms with Crippen molar-refractivity contribution in [3.05, 3.63) is 0 Å². The lowest BCUT2D eigenvalue weighted by Gasteiger charge is -2.27. The Bertz CT molecular complexity index is 118. The maximum Gasteiger partial charge on any atom is 0.0823 e. The average molecular weight is 141 g/mol. The van der Waals surface area contributed by atoms with Crippen LogP contribution < -0.4 is 5.32 Å². The van der Waals surface area contributed by atoms with Crippen molar-refractivity contribution in [3.63, 3.8) is 0 Å². The van der Waals surface area contributed by atoms with Crippen molar-refractivity contribution in [3.8, 4) is 0 Å². The van der Waals surface area contributed by atoms with Gasteiger partial charge in [0.15, 0.2) is 0 Å². The van der Waals surface area contributed by atoms with Gasteiger partial charge in [-0.05, 0) is 18.3 Å². The summed E-state index contributed by atoms with van der Waals surface area (Å²) in [7, 11) is 0. The van der Waals surface area contributed by atoms with Gasteiger partial charge in [0.25, 0.3) is 0 Å². The molecule has 0 bridgehead atoms. The van der Waals surface area contributed by atoms with Crippen LogP contribution in [0.4, 0.5) is 0 Å². The van der Waals surface area contributed by atoms with Gasteiger partial charge in [-0.1, -0.05) is 6.92 Å². The second-order valence-corrected chi connectivity index (χ2v) is 3.59. The molecule has 0 aromatic rings. The van der Waals surface area contributed by atoms with E-state index in [-0.39, 0.29) is 0 Å². The molecule has 0 aromatic carbocycles. The zero-order valence-corrected chi connectivity index (χ0v) is 6.47. The summed E-state index contributed by atoms with van der Waals surface area (Å²) in [5.41, 5.74) is 0. The van der Waals surface area contributed by atoms with Crippen molar-refractivity contribution >= 4 is 0 Å². The molecule has 10 heavy (non-hydrogen) atoms. The fraction of sp³-hybridized carbons (Fsp3) is 1.00. The Labute approximate surface area is 61.9 Å². The molecular weight excluding hydrogens is 126 g/mol. The van der Waals surface area contributed by atoms with Crippen LogP contribution in [0, 0.1) is 11.8 Å². The van der Waals surface area contributed by atoms with Crippen LogP contribution in [0.1, 0.15) is 13.3 Å². The standard InChI is InChI=1S/C8H15NO/c1-6-2-7(6)5-10-8-3-9-4-8/h6-9H,2-5H2,1H3. The molecule has 2 fully saturated rings. The fourth-order valence-electron chi connectivity index (χ4n) is 1.27. The van der Waals surface area contributed by atoms with Crippen molar-refractivity contribution in [1.82, 2.24) is 5.32 Å². The van der Waals surface area contributed by atoms with E-state index in [9.17, 15) is 0 Å². The van der Waals surface area contributed by atoms with Gasteiger partial charge in [-0.25, -0.2) is 0 Å². The average Bonchev–Trinajstić information content (AvgIpc) is 2.43. The molecule has 2 aliphatic rings. The van der Waals surface area contributed by atoms with Crippen molar-refractivity contribution in [2.75, 3.05) is 19.7 Å². The van der Waals surface area contributed by atoms with Gasteiger partial charge in [-0.2, -0.15) is 0 Å². The van der Waals surface area contributed by atoms with Gasteiger partial charge in [0.1, 0.15) is 0 Å². The maximum atomic E-state index is 5.61. The number of hydrogen-bond acceptors (Lipinski definition) is 2. The molecule has 2 rings (SSSR count). The molecule has 1 heterocycles. The normalized spacial score (nSPS) is 39.3. The summed E-state index contributed by atoms with van der Waals surface area (Å²) in [5.74, 6) is 1.83. The summed E-state index contributed by atoms with van der Waals surface area (Å²) in [6, 6.07) is 0. The van der Waals surface area contributed by atoms with E-state index in [4.69, 9.17) is 4.74 Å². The number of rotatable bonds is 3. The lowest BCUT2D eigenvalue weighted by atomic mass is 10.2. The highest BCUT2D eigenvalue weighted by Crippen LogP contribution is 2.37. The van der Waals surface area contributed by atoms with Crippen molar-refractivity contribution in [1.29, 1.82) is 0 Å². The number of nitrogens with one attached hydrogen (secondary N) is 1. The number of ether oxygens (including phenoxy) is 1. The first-order valence-corrected chi connectivity index (χ1v) is 4.18. The second kappa shape index (κ2) is 2.51. The third-order valence-electron chi connectivity index (χ3n) is 2.57. The molecule has 1 saturated heterocycles. The van der Waals surface area contributed by atoms with E-state index in [1.165, 1.54) is 6.42 Å². The van der Waals surface area contributed by atoms with E-state index in [1.54, 1.807) is 0 Å². The first-order chi connectivity index (χ1) is 4.86. The summed E-state index contributed by atoms with van der Waals surface area (Å²) in [6.07, 6.45) is 1.92. The highest BCUT2D eigenvalue weighted by Gasteiger charge is 2.33. The molecule has 0 radical (unpaired) electrons. The molecule has 1 aliphatic heterocycles. The van der Waals surface area contributed by atoms with E-state index >= 15 is 0 Å². The van der Waals surface area contributed by atoms with Crippen LogP contribution in [-0.2, 0) is 4.74 Å². The Morgan fingerprint density at radius 3 is 2.60 bits per heavy atom. The van der Waals surface area contributed by atoms with E-state index in [0.717, 1.165) is 31.5 Å². The van der Waals surface area contributed by atoms with E-state index in [2.05, 4.69) is 12.2 Å². The van der Waals surface area contributed by atoms with Crippen LogP contribution in [0.3, 0.4) is 0 Å². The molecule has 1 aliphatic carbocycles. The van der Waals surface area contributed by atoms with Crippen molar-refractivity contribution < 1.29 is 4.74 Å². The Morgan fingerprint density at radius 2 is 2.20 bits per heavy atom. The van der Waals surface area contributed by atoms with Crippen LogP contribution in [-0.4, -0.2) is 25.8 Å². The summed E-state index contributed by atoms with van der Waals surface area (Å²) in [5, 5.41) is 3.19. The van der Waals surface area contributed by atoms with Gasteiger partial charge >= 0.3 is 0 Å². The maximum absolute atomic E-state index is 5.61. The minimum absolute atomic E-state index is 0.535. The summed E-state index contributed by atoms with van der Waals surface area (Å²) >= 11 is 0. The molecule has 2 atom stereocenters. The Hall–Kier alpha value is -0.0800. The molecule has 2 heteroatoms. The monoisotopic (exact) mass is 141 g/mol. The first-order valence-electron chi connectivity index (χ1n) is 4.18. The molecule has 0 aromatic heterocycles. The van der Waals surface area contributed by atoms with Crippen LogP contribution >= 0.6 is 0 Å². The van der Waals surface area contributed by atoms with Gasteiger partial charge in [-0.15, -0.1) is 0 Å². The van der Waals surface area contributed by atoms with Crippen molar-refractivity contribution in [2.24, 2.45) is 11.8 Å². The molecule has 2 unspecified atom stereocenters. The largest absolute Gasteiger partial charge is 0.375 e. The van der Waals surface area contributed by atoms with Crippen LogP contribution in [0.5, 0.6) is 0 Å². The first kappa shape index (κ1) is 6.62. The third kappa shape index (κ3) is 1.32. The smallest absolute Gasteiger partial charge is 0.0823 e. The zero-order valence-electron chi connectivity index (χ0n) is 6.47. The lowest BCUT2D eigenvalue weighted by molar-refractivity contribution is 0.0115. The van der Waals surface area contributed by atoms with E-state index in [0.29, 0.717) is 6.10 Å². The quantitative estimate of drug-likeness (QED) is 0.622. The third-order valence-corrected chi connectivity index (χ3v) is 2.57. The Kier molecular flexibility index (Phi) is 1.66. The Morgan fingerprint density at radius 1 is 1.50 bits per heavy atom. The van der Waals surface area contributed by atoms with Gasteiger partial charge in [0.2, 0.25) is 0 Å². The molecular formula is C8H15NO. The van der Waals surface area contributed by atoms with E-state index < -0.39 is 0 Å². The lowest BCUT2D eigenvalue weighted by Crippen LogP contribution is -2.48. The molecule has 1 saturated carbocycles. The molecule has 1 N–H and O–H groups in total. The molecule has 2 nitrogen and oxygen atoms in total. The predicted molar refractivity (Wildman–Crippen MR) is 39.9 cm³/mol. The highest BCUT2D eigenvalue weighted by atomic mass is 16.5. The fourth-order valence-corrected chi connectivity index (χ4v) is 1.27. The number of hydrogen-bond donors (Lipinski definition) is 1. The van der Waals surface area contributed by atoms with Gasteiger partial charge in [-0.3, -0.25) is 0 Å². The van der Waals surface area contributed by atoms with Gasteiger partial charge < -0.3 is 10.1 Å². The predicted octanol–water partition coefficient (Wildman–Crippen LogP) is 0.631. The molecule has 0 amide bonds. The minimum Gasteiger partial charge on any atom is -0.375 e. The Balaban J connectivity index is 1.55. The molecule has 58 valence electrons. The molecule has 0 spiro atoms. The highest BCUT2D eigenvalue weighted by molar-refractivity contribution is 4.83. The summed E-state index contributed by atoms with van der Waals surface area (Å²) in [4.78, 5) is 0. The zero-order chi connectivity index (χ0) is 6.97. The van der Waals surface area contributed by atoms with Crippen LogP contribution in [0.25, 0.3) is 0 Å². The summed E-state index contributed by atoms with van der Waals surface area (Å²) in [6.45, 7) is 5.45. The van der Waals surface area contributed by atoms with Gasteiger partial charge in [0.05, 0.1) is 12.7 Å². The summed E-state index contributed by atoms with van der Waals surface area (Å²) < 4.78 is 5.61. The van der Waals surface area contributed by atoms with E-state index in [1.807, 2.05) is 0 Å². The van der Waals surface area contributed by atoms with Crippen LogP contribution in [0.15, 0.2) is 0 Å². The van der Waals surface area contributed by atoms with Gasteiger partial charge in [0, 0.05) is 13.1 Å². The van der Waals surface area contributed by atoms with Crippen molar-refractivity contribution in [2.45, 2.75) is 19.4 Å².